The van der Waals surface area contributed by atoms with E-state index in [9.17, 15) is 4.79 Å². The number of carbonyl (C=O) groups excluding carboxylic acids is 1. The Morgan fingerprint density at radius 2 is 1.70 bits per heavy atom. The molecule has 0 saturated carbocycles. The molecule has 4 rings (SSSR count). The summed E-state index contributed by atoms with van der Waals surface area (Å²) < 4.78 is 27.6. The van der Waals surface area contributed by atoms with Crippen LogP contribution in [0.2, 0.25) is 0 Å². The van der Waals surface area contributed by atoms with E-state index in [1.165, 1.54) is 25.7 Å². The number of nitrogens with zero attached hydrogens (tertiary/aromatic N) is 4. The second kappa shape index (κ2) is 12.9. The van der Waals surface area contributed by atoms with E-state index >= 15 is 0 Å². The van der Waals surface area contributed by atoms with Crippen molar-refractivity contribution in [3.05, 3.63) is 72.6 Å². The van der Waals surface area contributed by atoms with Crippen LogP contribution >= 0.6 is 0 Å². The van der Waals surface area contributed by atoms with Crippen LogP contribution in [0.5, 0.6) is 28.7 Å². The van der Waals surface area contributed by atoms with Gasteiger partial charge in [0.1, 0.15) is 34.5 Å². The molecule has 0 fully saturated rings. The van der Waals surface area contributed by atoms with Crippen molar-refractivity contribution >= 4 is 34.5 Å². The number of allylic oxidation sites excluding steroid dienone is 1. The van der Waals surface area contributed by atoms with Gasteiger partial charge in [-0.05, 0) is 31.2 Å². The predicted molar refractivity (Wildman–Crippen MR) is 150 cm³/mol. The number of methoxy groups -OCH3 is 3. The largest absolute Gasteiger partial charge is 0.494 e. The first-order valence-corrected chi connectivity index (χ1v) is 12.1. The van der Waals surface area contributed by atoms with Gasteiger partial charge >= 0.3 is 0 Å². The molecule has 3 heterocycles. The zero-order chi connectivity index (χ0) is 28.5. The fourth-order valence-corrected chi connectivity index (χ4v) is 3.58. The average Bonchev–Trinajstić information content (AvgIpc) is 2.99. The summed E-state index contributed by atoms with van der Waals surface area (Å²) in [5, 5.41) is 3.37. The maximum absolute atomic E-state index is 12.8. The van der Waals surface area contributed by atoms with Gasteiger partial charge in [0.15, 0.2) is 17.3 Å². The third-order valence-electron chi connectivity index (χ3n) is 5.52. The maximum atomic E-state index is 12.8. The lowest BCUT2D eigenvalue weighted by atomic mass is 10.2. The van der Waals surface area contributed by atoms with E-state index < -0.39 is 5.91 Å². The summed E-state index contributed by atoms with van der Waals surface area (Å²) in [6, 6.07) is 10.2. The monoisotopic (exact) mass is 544 g/mol. The second-order valence-corrected chi connectivity index (χ2v) is 7.99. The van der Waals surface area contributed by atoms with Crippen molar-refractivity contribution in [2.24, 2.45) is 10.7 Å². The third kappa shape index (κ3) is 6.35. The molecule has 0 saturated heterocycles. The molecule has 0 spiro atoms. The summed E-state index contributed by atoms with van der Waals surface area (Å²) in [5.74, 6) is 2.33. The third-order valence-corrected chi connectivity index (χ3v) is 5.52. The molecule has 0 atom stereocenters. The van der Waals surface area contributed by atoms with Gasteiger partial charge in [-0.15, -0.1) is 0 Å². The molecule has 4 aromatic rings. The minimum Gasteiger partial charge on any atom is -0.494 e. The van der Waals surface area contributed by atoms with E-state index in [2.05, 4.69) is 25.3 Å². The number of aliphatic imine (C=N–C) groups is 1. The number of aromatic nitrogens is 3. The number of benzene rings is 1. The van der Waals surface area contributed by atoms with Crippen LogP contribution in [-0.4, -0.2) is 55.0 Å². The van der Waals surface area contributed by atoms with Crippen LogP contribution in [0.25, 0.3) is 10.9 Å². The number of pyridine rings is 3. The number of hydrogen-bond acceptors (Lipinski definition) is 11. The summed E-state index contributed by atoms with van der Waals surface area (Å²) in [6.07, 6.45) is 7.54. The number of anilines is 1. The highest BCUT2D eigenvalue weighted by Gasteiger charge is 2.15. The quantitative estimate of drug-likeness (QED) is 0.158. The fourth-order valence-electron chi connectivity index (χ4n) is 3.58. The van der Waals surface area contributed by atoms with E-state index in [-0.39, 0.29) is 23.9 Å². The first-order chi connectivity index (χ1) is 19.5. The lowest BCUT2D eigenvalue weighted by Crippen LogP contribution is -2.23. The Hall–Kier alpha value is -5.39. The molecule has 0 aliphatic heterocycles. The number of carbonyl (C=O) groups is 1. The van der Waals surface area contributed by atoms with Gasteiger partial charge in [0.2, 0.25) is 0 Å². The van der Waals surface area contributed by atoms with Crippen LogP contribution in [0.15, 0.2) is 77.6 Å². The summed E-state index contributed by atoms with van der Waals surface area (Å²) in [5.41, 5.74) is 7.03. The molecule has 1 aromatic carbocycles. The van der Waals surface area contributed by atoms with Crippen LogP contribution in [0.3, 0.4) is 0 Å². The standard InChI is InChI=1S/C28H28N6O6/c1-5-39-25(16-32-20-15-30-10-8-22(20)36-2)27(29)28(35)34-26-7-6-17(14-33-26)40-21-9-11-31-19-13-24(38-4)23(37-3)12-18(19)21/h6-16H,5,29H2,1-4H3,(H,33,34,35). The van der Waals surface area contributed by atoms with Crippen molar-refractivity contribution in [1.82, 2.24) is 15.0 Å². The molecule has 206 valence electrons. The molecular weight excluding hydrogens is 516 g/mol. The minimum atomic E-state index is -0.615. The summed E-state index contributed by atoms with van der Waals surface area (Å²) in [4.78, 5) is 29.8. The Kier molecular flexibility index (Phi) is 8.92. The van der Waals surface area contributed by atoms with Crippen molar-refractivity contribution in [1.29, 1.82) is 0 Å². The smallest absolute Gasteiger partial charge is 0.276 e. The van der Waals surface area contributed by atoms with E-state index in [4.69, 9.17) is 29.4 Å². The van der Waals surface area contributed by atoms with Crippen molar-refractivity contribution in [2.75, 3.05) is 33.3 Å². The first-order valence-electron chi connectivity index (χ1n) is 12.1. The molecular formula is C28H28N6O6. The normalized spacial score (nSPS) is 11.6. The Morgan fingerprint density at radius 1 is 0.950 bits per heavy atom. The van der Waals surface area contributed by atoms with Crippen molar-refractivity contribution < 1.29 is 28.5 Å². The van der Waals surface area contributed by atoms with Gasteiger partial charge in [-0.2, -0.15) is 0 Å². The molecule has 1 amide bonds. The topological polar surface area (TPSA) is 152 Å². The van der Waals surface area contributed by atoms with Gasteiger partial charge in [0.25, 0.3) is 5.91 Å². The highest BCUT2D eigenvalue weighted by molar-refractivity contribution is 6.06. The number of rotatable bonds is 11. The highest BCUT2D eigenvalue weighted by atomic mass is 16.5. The van der Waals surface area contributed by atoms with Gasteiger partial charge in [-0.1, -0.05) is 0 Å². The fraction of sp³-hybridized carbons (Fsp3) is 0.179. The number of ether oxygens (including phenoxy) is 5. The molecule has 12 nitrogen and oxygen atoms in total. The van der Waals surface area contributed by atoms with Gasteiger partial charge < -0.3 is 34.7 Å². The number of fused-ring (bicyclic) bond motifs is 1. The van der Waals surface area contributed by atoms with Crippen LogP contribution < -0.4 is 30.0 Å². The lowest BCUT2D eigenvalue weighted by molar-refractivity contribution is -0.113. The number of amides is 1. The second-order valence-electron chi connectivity index (χ2n) is 7.99. The Morgan fingerprint density at radius 3 is 2.40 bits per heavy atom. The Balaban J connectivity index is 1.50. The summed E-state index contributed by atoms with van der Waals surface area (Å²) in [7, 11) is 4.64. The van der Waals surface area contributed by atoms with Crippen LogP contribution in [0.1, 0.15) is 6.92 Å². The Labute approximate surface area is 230 Å². The highest BCUT2D eigenvalue weighted by Crippen LogP contribution is 2.36. The van der Waals surface area contributed by atoms with E-state index in [1.54, 1.807) is 69.9 Å². The molecule has 0 aliphatic carbocycles. The molecule has 3 N–H and O–H groups in total. The van der Waals surface area contributed by atoms with E-state index in [0.717, 1.165) is 5.39 Å². The maximum Gasteiger partial charge on any atom is 0.276 e. The van der Waals surface area contributed by atoms with Crippen molar-refractivity contribution in [3.8, 4) is 28.7 Å². The molecule has 40 heavy (non-hydrogen) atoms. The number of hydrogen-bond donors (Lipinski definition) is 2. The molecule has 12 heteroatoms. The molecule has 3 aromatic heterocycles. The lowest BCUT2D eigenvalue weighted by Gasteiger charge is -2.12. The van der Waals surface area contributed by atoms with E-state index in [1.807, 2.05) is 0 Å². The van der Waals surface area contributed by atoms with Gasteiger partial charge in [0, 0.05) is 29.9 Å². The first kappa shape index (κ1) is 27.6. The summed E-state index contributed by atoms with van der Waals surface area (Å²) in [6.45, 7) is 2.04. The molecule has 0 radical (unpaired) electrons. The zero-order valence-corrected chi connectivity index (χ0v) is 22.4. The van der Waals surface area contributed by atoms with Crippen LogP contribution in [-0.2, 0) is 9.53 Å². The van der Waals surface area contributed by atoms with Gasteiger partial charge in [-0.3, -0.25) is 14.8 Å². The zero-order valence-electron chi connectivity index (χ0n) is 22.4. The number of nitrogens with two attached hydrogens (primary N) is 1. The van der Waals surface area contributed by atoms with E-state index in [0.29, 0.717) is 40.0 Å². The molecule has 0 aliphatic rings. The predicted octanol–water partition coefficient (Wildman–Crippen LogP) is 4.39. The number of nitrogens with one attached hydrogen (secondary N) is 1. The Bertz CT molecular complexity index is 1560. The van der Waals surface area contributed by atoms with Crippen molar-refractivity contribution in [2.45, 2.75) is 6.92 Å². The molecule has 0 unspecified atom stereocenters. The minimum absolute atomic E-state index is 0.0856. The molecule has 0 bridgehead atoms. The average molecular weight is 545 g/mol. The SMILES string of the molecule is CCOC(C=Nc1cnccc1OC)=C(N)C(=O)Nc1ccc(Oc2ccnc3cc(OC)c(OC)cc23)cn1. The van der Waals surface area contributed by atoms with Crippen LogP contribution in [0, 0.1) is 0 Å². The summed E-state index contributed by atoms with van der Waals surface area (Å²) >= 11 is 0. The van der Waals surface area contributed by atoms with Crippen LogP contribution in [0.4, 0.5) is 11.5 Å². The van der Waals surface area contributed by atoms with Crippen molar-refractivity contribution in [3.63, 3.8) is 0 Å². The van der Waals surface area contributed by atoms with Gasteiger partial charge in [0.05, 0.1) is 52.1 Å². The van der Waals surface area contributed by atoms with Gasteiger partial charge in [-0.25, -0.2) is 9.98 Å².